The molecule has 0 bridgehead atoms. The Morgan fingerprint density at radius 1 is 1.23 bits per heavy atom. The fourth-order valence-electron chi connectivity index (χ4n) is 3.52. The number of likely N-dealkylation sites (N-methyl/N-ethyl adjacent to an activating group) is 1. The first-order chi connectivity index (χ1) is 12.3. The Morgan fingerprint density at radius 3 is 2.69 bits per heavy atom. The van der Waals surface area contributed by atoms with Gasteiger partial charge in [-0.25, -0.2) is 0 Å². The van der Waals surface area contributed by atoms with E-state index in [-0.39, 0.29) is 17.4 Å². The first-order valence-electron chi connectivity index (χ1n) is 9.26. The third kappa shape index (κ3) is 2.95. The van der Waals surface area contributed by atoms with Crippen LogP contribution in [-0.2, 0) is 18.3 Å². The van der Waals surface area contributed by atoms with Crippen LogP contribution in [0.5, 0.6) is 0 Å². The number of aromatic amines is 1. The summed E-state index contributed by atoms with van der Waals surface area (Å²) in [6, 6.07) is 4.20. The van der Waals surface area contributed by atoms with Crippen LogP contribution in [0.2, 0.25) is 0 Å². The summed E-state index contributed by atoms with van der Waals surface area (Å²) < 4.78 is 0. The average molecular weight is 354 g/mol. The number of anilines is 1. The minimum atomic E-state index is -0.0520. The maximum Gasteiger partial charge on any atom is 0.274 e. The maximum absolute atomic E-state index is 12.7. The molecule has 1 fully saturated rings. The summed E-state index contributed by atoms with van der Waals surface area (Å²) in [5.41, 5.74) is 3.87. The van der Waals surface area contributed by atoms with Gasteiger partial charge in [0.25, 0.3) is 5.91 Å². The van der Waals surface area contributed by atoms with Crippen molar-refractivity contribution < 1.29 is 4.79 Å². The number of rotatable bonds is 3. The van der Waals surface area contributed by atoms with Gasteiger partial charge in [0, 0.05) is 31.2 Å². The highest BCUT2D eigenvalue weighted by molar-refractivity contribution is 5.92. The molecule has 1 amide bonds. The first-order valence-corrected chi connectivity index (χ1v) is 9.26. The fourth-order valence-corrected chi connectivity index (χ4v) is 3.52. The lowest BCUT2D eigenvalue weighted by Gasteiger charge is -2.44. The molecule has 1 saturated heterocycles. The zero-order valence-corrected chi connectivity index (χ0v) is 15.9. The third-order valence-electron chi connectivity index (χ3n) is 5.47. The van der Waals surface area contributed by atoms with Crippen LogP contribution < -0.4 is 4.90 Å². The highest BCUT2D eigenvalue weighted by Gasteiger charge is 2.35. The van der Waals surface area contributed by atoms with E-state index < -0.39 is 0 Å². The molecule has 7 heteroatoms. The molecule has 1 aliphatic carbocycles. The number of carbonyl (C=O) groups is 1. The Morgan fingerprint density at radius 2 is 2.00 bits per heavy atom. The van der Waals surface area contributed by atoms with Crippen molar-refractivity contribution in [3.8, 4) is 0 Å². The normalized spacial score (nSPS) is 17.2. The van der Waals surface area contributed by atoms with Gasteiger partial charge in [0.05, 0.1) is 11.7 Å². The second-order valence-electron chi connectivity index (χ2n) is 8.42. The summed E-state index contributed by atoms with van der Waals surface area (Å²) in [4.78, 5) is 16.7. The molecule has 4 rings (SSSR count). The van der Waals surface area contributed by atoms with Gasteiger partial charge in [0.1, 0.15) is 5.69 Å². The zero-order chi connectivity index (χ0) is 18.5. The molecule has 0 unspecified atom stereocenters. The van der Waals surface area contributed by atoms with Crippen molar-refractivity contribution >= 4 is 11.7 Å². The maximum atomic E-state index is 12.7. The molecule has 3 heterocycles. The summed E-state index contributed by atoms with van der Waals surface area (Å²) in [7, 11) is 1.85. The van der Waals surface area contributed by atoms with Crippen molar-refractivity contribution in [1.82, 2.24) is 25.3 Å². The Kier molecular flexibility index (Phi) is 3.97. The molecular formula is C19H26N6O. The summed E-state index contributed by atoms with van der Waals surface area (Å²) in [5.74, 6) is 0.888. The molecule has 1 N–H and O–H groups in total. The van der Waals surface area contributed by atoms with E-state index in [9.17, 15) is 4.79 Å². The van der Waals surface area contributed by atoms with Crippen molar-refractivity contribution in [2.24, 2.45) is 0 Å². The molecule has 0 saturated carbocycles. The number of nitrogens with zero attached hydrogens (tertiary/aromatic N) is 5. The summed E-state index contributed by atoms with van der Waals surface area (Å²) in [6.07, 6.45) is 3.32. The van der Waals surface area contributed by atoms with E-state index in [1.165, 1.54) is 12.0 Å². The Balaban J connectivity index is 1.39. The smallest absolute Gasteiger partial charge is 0.274 e. The van der Waals surface area contributed by atoms with E-state index in [4.69, 9.17) is 0 Å². The molecule has 0 spiro atoms. The van der Waals surface area contributed by atoms with Crippen LogP contribution in [0.25, 0.3) is 0 Å². The average Bonchev–Trinajstić information content (AvgIpc) is 3.21. The highest BCUT2D eigenvalue weighted by Crippen LogP contribution is 2.27. The lowest BCUT2D eigenvalue weighted by molar-refractivity contribution is 0.0699. The van der Waals surface area contributed by atoms with Gasteiger partial charge < -0.3 is 9.80 Å². The number of aryl methyl sites for hydroxylation is 2. The highest BCUT2D eigenvalue weighted by atomic mass is 16.2. The van der Waals surface area contributed by atoms with Crippen molar-refractivity contribution in [3.63, 3.8) is 0 Å². The van der Waals surface area contributed by atoms with E-state index in [0.29, 0.717) is 5.69 Å². The SMILES string of the molecule is CN(C(=O)c1cc(C(C)(C)C)[nH]n1)C1CN(c2cc3c(nn2)CCC3)C1. The van der Waals surface area contributed by atoms with Gasteiger partial charge in [0.2, 0.25) is 0 Å². The predicted octanol–water partition coefficient (Wildman–Crippen LogP) is 1.95. The van der Waals surface area contributed by atoms with Gasteiger partial charge in [-0.2, -0.15) is 10.2 Å². The second kappa shape index (κ2) is 6.07. The van der Waals surface area contributed by atoms with Gasteiger partial charge in [-0.1, -0.05) is 20.8 Å². The Labute approximate surface area is 153 Å². The molecular weight excluding hydrogens is 328 g/mol. The van der Waals surface area contributed by atoms with Gasteiger partial charge >= 0.3 is 0 Å². The first kappa shape index (κ1) is 17.0. The summed E-state index contributed by atoms with van der Waals surface area (Å²) in [6.45, 7) is 7.86. The van der Waals surface area contributed by atoms with Crippen LogP contribution in [-0.4, -0.2) is 57.4 Å². The van der Waals surface area contributed by atoms with E-state index in [2.05, 4.69) is 52.1 Å². The lowest BCUT2D eigenvalue weighted by atomic mass is 9.92. The molecule has 26 heavy (non-hydrogen) atoms. The fraction of sp³-hybridized carbons (Fsp3) is 0.579. The van der Waals surface area contributed by atoms with Crippen LogP contribution in [0, 0.1) is 0 Å². The monoisotopic (exact) mass is 354 g/mol. The largest absolute Gasteiger partial charge is 0.351 e. The molecule has 0 aromatic carbocycles. The Hall–Kier alpha value is -2.44. The predicted molar refractivity (Wildman–Crippen MR) is 99.4 cm³/mol. The third-order valence-corrected chi connectivity index (χ3v) is 5.47. The lowest BCUT2D eigenvalue weighted by Crippen LogP contribution is -2.60. The van der Waals surface area contributed by atoms with Crippen molar-refractivity contribution in [2.45, 2.75) is 51.5 Å². The molecule has 2 aromatic heterocycles. The van der Waals surface area contributed by atoms with Gasteiger partial charge in [-0.15, -0.1) is 5.10 Å². The van der Waals surface area contributed by atoms with Crippen LogP contribution in [0.4, 0.5) is 5.82 Å². The second-order valence-corrected chi connectivity index (χ2v) is 8.42. The molecule has 1 aliphatic heterocycles. The Bertz CT molecular complexity index is 831. The number of amides is 1. The zero-order valence-electron chi connectivity index (χ0n) is 15.9. The molecule has 7 nitrogen and oxygen atoms in total. The van der Waals surface area contributed by atoms with Crippen LogP contribution in [0.3, 0.4) is 0 Å². The number of hydrogen-bond acceptors (Lipinski definition) is 5. The number of H-pyrrole nitrogens is 1. The van der Waals surface area contributed by atoms with Gasteiger partial charge in [0.15, 0.2) is 5.82 Å². The van der Waals surface area contributed by atoms with Gasteiger partial charge in [-0.3, -0.25) is 9.89 Å². The van der Waals surface area contributed by atoms with Crippen molar-refractivity contribution in [1.29, 1.82) is 0 Å². The quantitative estimate of drug-likeness (QED) is 0.911. The van der Waals surface area contributed by atoms with Crippen LogP contribution >= 0.6 is 0 Å². The number of hydrogen-bond donors (Lipinski definition) is 1. The van der Waals surface area contributed by atoms with E-state index in [1.54, 1.807) is 4.90 Å². The van der Waals surface area contributed by atoms with E-state index in [0.717, 1.165) is 43.1 Å². The van der Waals surface area contributed by atoms with Crippen LogP contribution in [0.15, 0.2) is 12.1 Å². The van der Waals surface area contributed by atoms with E-state index in [1.807, 2.05) is 13.1 Å². The molecule has 138 valence electrons. The molecule has 2 aliphatic rings. The molecule has 0 radical (unpaired) electrons. The number of aromatic nitrogens is 4. The number of carbonyl (C=O) groups excluding carboxylic acids is 1. The summed E-state index contributed by atoms with van der Waals surface area (Å²) >= 11 is 0. The standard InChI is InChI=1S/C19H26N6O/c1-19(2,3)16-9-15(21-22-16)18(26)24(4)13-10-25(11-13)17-8-12-6-5-7-14(12)20-23-17/h8-9,13H,5-7,10-11H2,1-4H3,(H,21,22). The molecule has 2 aromatic rings. The minimum absolute atomic E-state index is 0.0403. The number of fused-ring (bicyclic) bond motifs is 1. The number of nitrogens with one attached hydrogen (secondary N) is 1. The topological polar surface area (TPSA) is 78.0 Å². The van der Waals surface area contributed by atoms with E-state index >= 15 is 0 Å². The molecule has 0 atom stereocenters. The van der Waals surface area contributed by atoms with Crippen molar-refractivity contribution in [2.75, 3.05) is 25.0 Å². The van der Waals surface area contributed by atoms with Gasteiger partial charge in [-0.05, 0) is 37.0 Å². The minimum Gasteiger partial charge on any atom is -0.351 e. The van der Waals surface area contributed by atoms with Crippen LogP contribution in [0.1, 0.15) is 54.6 Å². The van der Waals surface area contributed by atoms with Crippen molar-refractivity contribution in [3.05, 3.63) is 34.8 Å². The summed E-state index contributed by atoms with van der Waals surface area (Å²) in [5, 5.41) is 15.9.